The summed E-state index contributed by atoms with van der Waals surface area (Å²) >= 11 is 0. The minimum Gasteiger partial charge on any atom is -0.361 e. The second kappa shape index (κ2) is 4.14. The van der Waals surface area contributed by atoms with Gasteiger partial charge in [-0.05, 0) is 38.3 Å². The van der Waals surface area contributed by atoms with Gasteiger partial charge in [0.1, 0.15) is 5.76 Å². The van der Waals surface area contributed by atoms with E-state index in [2.05, 4.69) is 10.5 Å². The lowest BCUT2D eigenvalue weighted by Gasteiger charge is -2.33. The van der Waals surface area contributed by atoms with Gasteiger partial charge in [0.25, 0.3) is 5.91 Å². The highest BCUT2D eigenvalue weighted by Gasteiger charge is 2.35. The van der Waals surface area contributed by atoms with Gasteiger partial charge in [-0.25, -0.2) is 0 Å². The molecule has 2 aliphatic rings. The molecule has 92 valence electrons. The van der Waals surface area contributed by atoms with E-state index in [1.165, 1.54) is 0 Å². The largest absolute Gasteiger partial charge is 0.361 e. The Morgan fingerprint density at radius 2 is 2.35 bits per heavy atom. The molecule has 1 amide bonds. The van der Waals surface area contributed by atoms with Crippen LogP contribution in [0.1, 0.15) is 22.7 Å². The van der Waals surface area contributed by atoms with Crippen LogP contribution in [0.2, 0.25) is 0 Å². The van der Waals surface area contributed by atoms with Crippen LogP contribution < -0.4 is 5.32 Å². The summed E-state index contributed by atoms with van der Waals surface area (Å²) in [6.45, 7) is 5.63. The van der Waals surface area contributed by atoms with E-state index in [4.69, 9.17) is 4.52 Å². The van der Waals surface area contributed by atoms with Crippen molar-refractivity contribution in [1.29, 1.82) is 0 Å². The number of aryl methyl sites for hydroxylation is 1. The molecule has 2 fully saturated rings. The average Bonchev–Trinajstić information content (AvgIpc) is 2.95. The fourth-order valence-corrected chi connectivity index (χ4v) is 2.85. The Hall–Kier alpha value is -1.36. The van der Waals surface area contributed by atoms with Crippen LogP contribution in [0.15, 0.2) is 10.6 Å². The van der Waals surface area contributed by atoms with Gasteiger partial charge in [0, 0.05) is 19.2 Å². The molecule has 3 rings (SSSR count). The van der Waals surface area contributed by atoms with E-state index in [0.29, 0.717) is 17.4 Å². The molecule has 0 aromatic carbocycles. The number of carbonyl (C=O) groups is 1. The Bertz CT molecular complexity index is 429. The average molecular weight is 235 g/mol. The maximum absolute atomic E-state index is 12.2. The van der Waals surface area contributed by atoms with Crippen molar-refractivity contribution in [2.24, 2.45) is 11.8 Å². The van der Waals surface area contributed by atoms with E-state index >= 15 is 0 Å². The smallest absolute Gasteiger partial charge is 0.276 e. The summed E-state index contributed by atoms with van der Waals surface area (Å²) in [5.41, 5.74) is 0.437. The number of piperidine rings is 1. The summed E-state index contributed by atoms with van der Waals surface area (Å²) < 4.78 is 4.95. The number of nitrogens with zero attached hydrogens (tertiary/aromatic N) is 2. The maximum atomic E-state index is 12.2. The Morgan fingerprint density at radius 1 is 1.53 bits per heavy atom. The normalized spacial score (nSPS) is 28.2. The molecule has 5 nitrogen and oxygen atoms in total. The molecular formula is C12H17N3O2. The molecule has 5 heteroatoms. The molecule has 0 saturated carbocycles. The third-order valence-corrected chi connectivity index (χ3v) is 3.84. The standard InChI is InChI=1S/C12H17N3O2/c1-8-4-11(14-17-8)12(16)15-3-2-9-5-13-6-10(9)7-15/h4,9-10,13H,2-3,5-7H2,1H3. The predicted molar refractivity (Wildman–Crippen MR) is 61.6 cm³/mol. The lowest BCUT2D eigenvalue weighted by atomic mass is 9.88. The van der Waals surface area contributed by atoms with E-state index in [-0.39, 0.29) is 5.91 Å². The number of likely N-dealkylation sites (tertiary alicyclic amines) is 1. The van der Waals surface area contributed by atoms with Gasteiger partial charge in [-0.2, -0.15) is 0 Å². The van der Waals surface area contributed by atoms with Crippen LogP contribution in [-0.2, 0) is 0 Å². The van der Waals surface area contributed by atoms with Crippen LogP contribution >= 0.6 is 0 Å². The first-order valence-corrected chi connectivity index (χ1v) is 6.17. The molecule has 0 spiro atoms. The zero-order chi connectivity index (χ0) is 11.8. The number of aromatic nitrogens is 1. The van der Waals surface area contributed by atoms with Gasteiger partial charge < -0.3 is 14.7 Å². The van der Waals surface area contributed by atoms with E-state index in [1.54, 1.807) is 13.0 Å². The van der Waals surface area contributed by atoms with Crippen LogP contribution in [0.25, 0.3) is 0 Å². The Labute approximate surface area is 100 Å². The SMILES string of the molecule is Cc1cc(C(=O)N2CCC3CNCC3C2)no1. The highest BCUT2D eigenvalue weighted by molar-refractivity contribution is 5.92. The summed E-state index contributed by atoms with van der Waals surface area (Å²) in [4.78, 5) is 14.1. The lowest BCUT2D eigenvalue weighted by molar-refractivity contribution is 0.0632. The minimum absolute atomic E-state index is 0.00667. The molecule has 0 bridgehead atoms. The van der Waals surface area contributed by atoms with Crippen molar-refractivity contribution in [2.75, 3.05) is 26.2 Å². The van der Waals surface area contributed by atoms with Crippen molar-refractivity contribution in [2.45, 2.75) is 13.3 Å². The summed E-state index contributed by atoms with van der Waals surface area (Å²) in [7, 11) is 0. The molecule has 2 atom stereocenters. The van der Waals surface area contributed by atoms with Crippen LogP contribution in [0, 0.1) is 18.8 Å². The highest BCUT2D eigenvalue weighted by atomic mass is 16.5. The van der Waals surface area contributed by atoms with Crippen molar-refractivity contribution in [3.05, 3.63) is 17.5 Å². The molecule has 1 N–H and O–H groups in total. The predicted octanol–water partition coefficient (Wildman–Crippen LogP) is 0.665. The van der Waals surface area contributed by atoms with Crippen LogP contribution in [0.3, 0.4) is 0 Å². The van der Waals surface area contributed by atoms with Crippen molar-refractivity contribution in [3.63, 3.8) is 0 Å². The molecule has 3 heterocycles. The van der Waals surface area contributed by atoms with Gasteiger partial charge >= 0.3 is 0 Å². The fourth-order valence-electron chi connectivity index (χ4n) is 2.85. The maximum Gasteiger partial charge on any atom is 0.276 e. The Morgan fingerprint density at radius 3 is 3.12 bits per heavy atom. The number of carbonyl (C=O) groups excluding carboxylic acids is 1. The van der Waals surface area contributed by atoms with Gasteiger partial charge in [0.05, 0.1) is 0 Å². The summed E-state index contributed by atoms with van der Waals surface area (Å²) in [6, 6.07) is 1.71. The van der Waals surface area contributed by atoms with Gasteiger partial charge in [-0.15, -0.1) is 0 Å². The van der Waals surface area contributed by atoms with Crippen LogP contribution in [0.5, 0.6) is 0 Å². The topological polar surface area (TPSA) is 58.4 Å². The molecule has 1 aromatic heterocycles. The molecule has 0 aliphatic carbocycles. The molecule has 0 radical (unpaired) electrons. The fraction of sp³-hybridized carbons (Fsp3) is 0.667. The van der Waals surface area contributed by atoms with Crippen molar-refractivity contribution in [1.82, 2.24) is 15.4 Å². The van der Waals surface area contributed by atoms with E-state index in [9.17, 15) is 4.79 Å². The number of amides is 1. The number of hydrogen-bond donors (Lipinski definition) is 1. The van der Waals surface area contributed by atoms with E-state index in [1.807, 2.05) is 4.90 Å². The molecule has 17 heavy (non-hydrogen) atoms. The lowest BCUT2D eigenvalue weighted by Crippen LogP contribution is -2.43. The minimum atomic E-state index is 0.00667. The Kier molecular flexibility index (Phi) is 2.63. The second-order valence-electron chi connectivity index (χ2n) is 5.04. The summed E-state index contributed by atoms with van der Waals surface area (Å²) in [5.74, 6) is 2.05. The van der Waals surface area contributed by atoms with Crippen LogP contribution in [-0.4, -0.2) is 42.1 Å². The second-order valence-corrected chi connectivity index (χ2v) is 5.04. The molecular weight excluding hydrogens is 218 g/mol. The molecule has 2 aliphatic heterocycles. The van der Waals surface area contributed by atoms with Gasteiger partial charge in [0.15, 0.2) is 5.69 Å². The monoisotopic (exact) mass is 235 g/mol. The zero-order valence-corrected chi connectivity index (χ0v) is 9.98. The van der Waals surface area contributed by atoms with Crippen molar-refractivity contribution < 1.29 is 9.32 Å². The third kappa shape index (κ3) is 1.95. The van der Waals surface area contributed by atoms with Crippen LogP contribution in [0.4, 0.5) is 0 Å². The van der Waals surface area contributed by atoms with Crippen molar-refractivity contribution >= 4 is 5.91 Å². The van der Waals surface area contributed by atoms with Gasteiger partial charge in [0.2, 0.25) is 0 Å². The van der Waals surface area contributed by atoms with Gasteiger partial charge in [-0.1, -0.05) is 5.16 Å². The van der Waals surface area contributed by atoms with Crippen molar-refractivity contribution in [3.8, 4) is 0 Å². The van der Waals surface area contributed by atoms with E-state index < -0.39 is 0 Å². The first-order valence-electron chi connectivity index (χ1n) is 6.17. The summed E-state index contributed by atoms with van der Waals surface area (Å²) in [6.07, 6.45) is 1.10. The first kappa shape index (κ1) is 10.8. The van der Waals surface area contributed by atoms with E-state index in [0.717, 1.165) is 38.5 Å². The number of fused-ring (bicyclic) bond motifs is 1. The first-order chi connectivity index (χ1) is 8.24. The Balaban J connectivity index is 1.70. The number of rotatable bonds is 1. The number of hydrogen-bond acceptors (Lipinski definition) is 4. The highest BCUT2D eigenvalue weighted by Crippen LogP contribution is 2.27. The molecule has 2 saturated heterocycles. The number of nitrogens with one attached hydrogen (secondary N) is 1. The third-order valence-electron chi connectivity index (χ3n) is 3.84. The zero-order valence-electron chi connectivity index (χ0n) is 9.98. The molecule has 1 aromatic rings. The molecule has 2 unspecified atom stereocenters. The van der Waals surface area contributed by atoms with Gasteiger partial charge in [-0.3, -0.25) is 4.79 Å². The quantitative estimate of drug-likeness (QED) is 0.777. The summed E-state index contributed by atoms with van der Waals surface area (Å²) in [5, 5.41) is 7.19.